The summed E-state index contributed by atoms with van der Waals surface area (Å²) in [5, 5.41) is 7.21. The fourth-order valence-electron chi connectivity index (χ4n) is 3.18. The minimum atomic E-state index is -0.491. The number of rotatable bonds is 9. The van der Waals surface area contributed by atoms with Crippen LogP contribution in [0.4, 0.5) is 10.7 Å². The SMILES string of the molecule is CCOC(=O)c1cc(-c2ccccc2)sc1NC(=O)Cc1nc(-c2cccc(NSC)c2)no1. The lowest BCUT2D eigenvalue weighted by molar-refractivity contribution is -0.115. The number of carbonyl (C=O) groups excluding carboxylic acids is 2. The average molecular weight is 495 g/mol. The van der Waals surface area contributed by atoms with Gasteiger partial charge in [0.05, 0.1) is 12.2 Å². The van der Waals surface area contributed by atoms with Crippen LogP contribution < -0.4 is 10.0 Å². The molecule has 1 amide bonds. The maximum atomic E-state index is 12.7. The molecule has 8 nitrogen and oxygen atoms in total. The van der Waals surface area contributed by atoms with Crippen molar-refractivity contribution in [1.29, 1.82) is 0 Å². The fourth-order valence-corrected chi connectivity index (χ4v) is 4.61. The Kier molecular flexibility index (Phi) is 7.61. The van der Waals surface area contributed by atoms with Crippen LogP contribution in [0.25, 0.3) is 21.8 Å². The number of benzene rings is 2. The third-order valence-corrected chi connectivity index (χ3v) is 6.20. The number of hydrogen-bond donors (Lipinski definition) is 2. The van der Waals surface area contributed by atoms with Crippen LogP contribution in [0.1, 0.15) is 23.2 Å². The van der Waals surface area contributed by atoms with Gasteiger partial charge in [-0.2, -0.15) is 4.98 Å². The van der Waals surface area contributed by atoms with Gasteiger partial charge in [0.1, 0.15) is 11.4 Å². The first-order valence-corrected chi connectivity index (χ1v) is 12.5. The molecule has 4 rings (SSSR count). The highest BCUT2D eigenvalue weighted by molar-refractivity contribution is 7.99. The molecule has 2 aromatic carbocycles. The Morgan fingerprint density at radius 1 is 1.09 bits per heavy atom. The summed E-state index contributed by atoms with van der Waals surface area (Å²) in [6.45, 7) is 1.97. The predicted molar refractivity (Wildman–Crippen MR) is 135 cm³/mol. The Bertz CT molecular complexity index is 1290. The van der Waals surface area contributed by atoms with Crippen LogP contribution in [-0.4, -0.2) is 34.9 Å². The molecule has 0 saturated carbocycles. The van der Waals surface area contributed by atoms with Crippen molar-refractivity contribution < 1.29 is 18.8 Å². The van der Waals surface area contributed by atoms with Crippen LogP contribution in [0.2, 0.25) is 0 Å². The zero-order chi connectivity index (χ0) is 23.9. The van der Waals surface area contributed by atoms with E-state index < -0.39 is 5.97 Å². The monoisotopic (exact) mass is 494 g/mol. The van der Waals surface area contributed by atoms with Gasteiger partial charge in [0.15, 0.2) is 0 Å². The molecule has 0 saturated heterocycles. The predicted octanol–water partition coefficient (Wildman–Crippen LogP) is 5.51. The molecule has 0 aliphatic heterocycles. The van der Waals surface area contributed by atoms with Crippen molar-refractivity contribution in [3.63, 3.8) is 0 Å². The molecule has 0 spiro atoms. The van der Waals surface area contributed by atoms with E-state index in [0.29, 0.717) is 16.4 Å². The van der Waals surface area contributed by atoms with Gasteiger partial charge in [-0.25, -0.2) is 4.79 Å². The second-order valence-electron chi connectivity index (χ2n) is 7.06. The van der Waals surface area contributed by atoms with Gasteiger partial charge in [-0.05, 0) is 30.7 Å². The smallest absolute Gasteiger partial charge is 0.341 e. The summed E-state index contributed by atoms with van der Waals surface area (Å²) < 4.78 is 13.6. The number of ether oxygens (including phenoxy) is 1. The molecule has 2 aromatic heterocycles. The van der Waals surface area contributed by atoms with E-state index in [1.165, 1.54) is 23.3 Å². The number of nitrogens with zero attached hydrogens (tertiary/aromatic N) is 2. The van der Waals surface area contributed by atoms with Crippen molar-refractivity contribution in [2.45, 2.75) is 13.3 Å². The van der Waals surface area contributed by atoms with E-state index in [4.69, 9.17) is 9.26 Å². The zero-order valence-corrected chi connectivity index (χ0v) is 20.2. The van der Waals surface area contributed by atoms with E-state index in [9.17, 15) is 9.59 Å². The minimum absolute atomic E-state index is 0.128. The summed E-state index contributed by atoms with van der Waals surface area (Å²) in [6.07, 6.45) is 1.80. The first kappa shape index (κ1) is 23.5. The standard InChI is InChI=1S/C24H22N4O4S2/c1-3-31-24(30)18-13-19(15-8-5-4-6-9-15)34-23(18)25-20(29)14-21-26-22(27-32-21)16-10-7-11-17(12-16)28-33-2/h4-13,28H,3,14H2,1-2H3,(H,25,29). The summed E-state index contributed by atoms with van der Waals surface area (Å²) in [7, 11) is 0. The third-order valence-electron chi connectivity index (χ3n) is 4.66. The van der Waals surface area contributed by atoms with Crippen molar-refractivity contribution in [2.24, 2.45) is 0 Å². The van der Waals surface area contributed by atoms with E-state index in [1.807, 2.05) is 60.9 Å². The lowest BCUT2D eigenvalue weighted by atomic mass is 10.1. The van der Waals surface area contributed by atoms with Crippen molar-refractivity contribution in [1.82, 2.24) is 10.1 Å². The lowest BCUT2D eigenvalue weighted by Crippen LogP contribution is -2.16. The van der Waals surface area contributed by atoms with Gasteiger partial charge in [-0.1, -0.05) is 59.6 Å². The van der Waals surface area contributed by atoms with Crippen molar-refractivity contribution in [2.75, 3.05) is 22.9 Å². The number of amides is 1. The maximum Gasteiger partial charge on any atom is 0.341 e. The highest BCUT2D eigenvalue weighted by atomic mass is 32.2. The summed E-state index contributed by atoms with van der Waals surface area (Å²) in [4.78, 5) is 30.4. The van der Waals surface area contributed by atoms with Crippen molar-refractivity contribution >= 4 is 45.8 Å². The molecule has 34 heavy (non-hydrogen) atoms. The van der Waals surface area contributed by atoms with Crippen molar-refractivity contribution in [3.05, 3.63) is 72.1 Å². The number of thiophene rings is 1. The second-order valence-corrected chi connectivity index (χ2v) is 8.73. The van der Waals surface area contributed by atoms with E-state index in [0.717, 1.165) is 21.7 Å². The van der Waals surface area contributed by atoms with Gasteiger partial charge in [0.2, 0.25) is 17.6 Å². The van der Waals surface area contributed by atoms with Crippen LogP contribution in [-0.2, 0) is 16.0 Å². The van der Waals surface area contributed by atoms with Crippen LogP contribution >= 0.6 is 23.3 Å². The van der Waals surface area contributed by atoms with Gasteiger partial charge >= 0.3 is 5.97 Å². The molecule has 2 N–H and O–H groups in total. The van der Waals surface area contributed by atoms with Gasteiger partial charge in [0.25, 0.3) is 0 Å². The highest BCUT2D eigenvalue weighted by Gasteiger charge is 2.21. The molecule has 4 aromatic rings. The van der Waals surface area contributed by atoms with E-state index in [-0.39, 0.29) is 24.8 Å². The Hall–Kier alpha value is -3.63. The van der Waals surface area contributed by atoms with E-state index >= 15 is 0 Å². The van der Waals surface area contributed by atoms with Crippen LogP contribution in [0.5, 0.6) is 0 Å². The number of anilines is 2. The Morgan fingerprint density at radius 2 is 1.88 bits per heavy atom. The molecule has 0 aliphatic rings. The van der Waals surface area contributed by atoms with E-state index in [2.05, 4.69) is 20.2 Å². The molecule has 10 heteroatoms. The molecule has 0 unspecified atom stereocenters. The summed E-state index contributed by atoms with van der Waals surface area (Å²) in [5.41, 5.74) is 2.93. The number of hydrogen-bond acceptors (Lipinski definition) is 9. The van der Waals surface area contributed by atoms with Gasteiger partial charge in [-0.3, -0.25) is 4.79 Å². The van der Waals surface area contributed by atoms with Crippen molar-refractivity contribution in [3.8, 4) is 21.8 Å². The largest absolute Gasteiger partial charge is 0.462 e. The normalized spacial score (nSPS) is 10.6. The van der Waals surface area contributed by atoms with Crippen LogP contribution in [0.15, 0.2) is 65.2 Å². The van der Waals surface area contributed by atoms with Crippen LogP contribution in [0, 0.1) is 0 Å². The Balaban J connectivity index is 1.50. The van der Waals surface area contributed by atoms with Gasteiger partial charge in [-0.15, -0.1) is 11.3 Å². The lowest BCUT2D eigenvalue weighted by Gasteiger charge is -2.04. The number of esters is 1. The fraction of sp³-hybridized carbons (Fsp3) is 0.167. The quantitative estimate of drug-likeness (QED) is 0.232. The molecule has 174 valence electrons. The summed E-state index contributed by atoms with van der Waals surface area (Å²) >= 11 is 2.79. The number of nitrogens with one attached hydrogen (secondary N) is 2. The number of aromatic nitrogens is 2. The zero-order valence-electron chi connectivity index (χ0n) is 18.5. The number of carbonyl (C=O) groups is 2. The Morgan fingerprint density at radius 3 is 2.65 bits per heavy atom. The topological polar surface area (TPSA) is 106 Å². The van der Waals surface area contributed by atoms with Crippen LogP contribution in [0.3, 0.4) is 0 Å². The molecule has 0 atom stereocenters. The highest BCUT2D eigenvalue weighted by Crippen LogP contribution is 2.36. The summed E-state index contributed by atoms with van der Waals surface area (Å²) in [5.74, 6) is -0.300. The third kappa shape index (κ3) is 5.64. The first-order chi connectivity index (χ1) is 16.6. The van der Waals surface area contributed by atoms with Gasteiger partial charge in [0, 0.05) is 22.4 Å². The molecule has 0 aliphatic carbocycles. The van der Waals surface area contributed by atoms with Gasteiger partial charge < -0.3 is 19.3 Å². The Labute approximate surface area is 204 Å². The maximum absolute atomic E-state index is 12.7. The first-order valence-electron chi connectivity index (χ1n) is 10.5. The molecular weight excluding hydrogens is 472 g/mol. The van der Waals surface area contributed by atoms with E-state index in [1.54, 1.807) is 13.0 Å². The average Bonchev–Trinajstić information content (AvgIpc) is 3.48. The molecule has 2 heterocycles. The molecule has 0 fully saturated rings. The summed E-state index contributed by atoms with van der Waals surface area (Å²) in [6, 6.07) is 18.9. The molecule has 0 radical (unpaired) electrons. The minimum Gasteiger partial charge on any atom is -0.462 e. The molecular formula is C24H22N4O4S2. The second kappa shape index (κ2) is 11.0. The molecule has 0 bridgehead atoms.